The fourth-order valence-corrected chi connectivity index (χ4v) is 6.45. The predicted octanol–water partition coefficient (Wildman–Crippen LogP) is 5.46. The molecular formula is C30H35ClFN3O2. The minimum absolute atomic E-state index is 0.0420. The van der Waals surface area contributed by atoms with E-state index >= 15 is 0 Å². The number of nitrogens with one attached hydrogen (secondary N) is 2. The van der Waals surface area contributed by atoms with Gasteiger partial charge in [-0.05, 0) is 47.6 Å². The van der Waals surface area contributed by atoms with Gasteiger partial charge in [0.15, 0.2) is 5.78 Å². The molecule has 5 rings (SSSR count). The highest BCUT2D eigenvalue weighted by molar-refractivity contribution is 6.34. The molecule has 2 heterocycles. The average molecular weight is 524 g/mol. The number of amides is 1. The summed E-state index contributed by atoms with van der Waals surface area (Å²) in [6.45, 7) is 2.61. The molecule has 1 saturated carbocycles. The first-order valence-corrected chi connectivity index (χ1v) is 13.9. The Balaban J connectivity index is 1.30. The van der Waals surface area contributed by atoms with Crippen molar-refractivity contribution in [3.05, 3.63) is 81.6 Å². The summed E-state index contributed by atoms with van der Waals surface area (Å²) >= 11 is 6.28. The molecule has 0 saturated heterocycles. The Morgan fingerprint density at radius 1 is 1.08 bits per heavy atom. The van der Waals surface area contributed by atoms with Crippen molar-refractivity contribution in [1.29, 1.82) is 0 Å². The number of ketones is 1. The van der Waals surface area contributed by atoms with Gasteiger partial charge in [0.2, 0.25) is 5.91 Å². The normalized spacial score (nSPS) is 20.9. The molecule has 0 radical (unpaired) electrons. The van der Waals surface area contributed by atoms with Crippen LogP contribution < -0.4 is 10.6 Å². The van der Waals surface area contributed by atoms with E-state index in [2.05, 4.69) is 15.5 Å². The van der Waals surface area contributed by atoms with Gasteiger partial charge in [0.1, 0.15) is 5.82 Å². The number of carbonyl (C=O) groups excluding carboxylic acids is 2. The summed E-state index contributed by atoms with van der Waals surface area (Å²) < 4.78 is 14.7. The molecule has 196 valence electrons. The van der Waals surface area contributed by atoms with Gasteiger partial charge in [-0.25, -0.2) is 4.39 Å². The first-order valence-electron chi connectivity index (χ1n) is 13.5. The average Bonchev–Trinajstić information content (AvgIpc) is 3.64. The lowest BCUT2D eigenvalue weighted by Gasteiger charge is -2.29. The molecule has 2 aliphatic heterocycles. The van der Waals surface area contributed by atoms with Gasteiger partial charge in [0.05, 0.1) is 22.7 Å². The van der Waals surface area contributed by atoms with Crippen LogP contribution in [0.1, 0.15) is 66.9 Å². The molecule has 1 fully saturated rings. The van der Waals surface area contributed by atoms with Gasteiger partial charge >= 0.3 is 0 Å². The van der Waals surface area contributed by atoms with E-state index in [0.717, 1.165) is 24.1 Å². The predicted molar refractivity (Wildman–Crippen MR) is 144 cm³/mol. The van der Waals surface area contributed by atoms with Crippen LogP contribution >= 0.6 is 11.6 Å². The van der Waals surface area contributed by atoms with Crippen LogP contribution in [0.15, 0.2) is 59.7 Å². The maximum atomic E-state index is 14.7. The Hall–Kier alpha value is -2.54. The van der Waals surface area contributed by atoms with Crippen molar-refractivity contribution in [3.8, 4) is 0 Å². The number of Topliss-reactive ketones (excluding diaryl/α,β-unsaturated/α-hetero) is 1. The van der Waals surface area contributed by atoms with Crippen LogP contribution in [0, 0.1) is 11.7 Å². The number of rotatable bonds is 10. The summed E-state index contributed by atoms with van der Waals surface area (Å²) in [5.74, 6) is -0.134. The fourth-order valence-electron chi connectivity index (χ4n) is 6.20. The summed E-state index contributed by atoms with van der Waals surface area (Å²) in [6, 6.07) is 13.7. The molecule has 1 aliphatic carbocycles. The molecule has 0 aromatic heterocycles. The standard InChI is InChI=1S/C30H35ClFN3O2/c31-24-11-6-12-25(32)28(24)30(37)29-23-18-33-17-22(23)19-35(29)16-15-26(21-9-2-1-3-10-21)34-27(36)14-13-20-7-4-5-8-20/h1-3,6,9-12,20,26,29,33H,4-5,7-8,13-19H2,(H,34,36)/t26-,29-/m0/s1. The number of carbonyl (C=O) groups is 2. The lowest BCUT2D eigenvalue weighted by molar-refractivity contribution is -0.122. The molecule has 2 aromatic carbocycles. The van der Waals surface area contributed by atoms with Crippen LogP contribution in [0.3, 0.4) is 0 Å². The van der Waals surface area contributed by atoms with Crippen LogP contribution in [0.25, 0.3) is 0 Å². The van der Waals surface area contributed by atoms with Gasteiger partial charge in [0.25, 0.3) is 0 Å². The highest BCUT2D eigenvalue weighted by Gasteiger charge is 2.41. The third kappa shape index (κ3) is 5.97. The Kier molecular flexibility index (Phi) is 8.38. The number of hydrogen-bond donors (Lipinski definition) is 2. The van der Waals surface area contributed by atoms with E-state index in [0.29, 0.717) is 38.4 Å². The minimum atomic E-state index is -0.589. The zero-order valence-electron chi connectivity index (χ0n) is 21.1. The quantitative estimate of drug-likeness (QED) is 0.320. The minimum Gasteiger partial charge on any atom is -0.349 e. The summed E-state index contributed by atoms with van der Waals surface area (Å²) in [6.07, 6.45) is 7.17. The second-order valence-corrected chi connectivity index (χ2v) is 11.0. The second kappa shape index (κ2) is 11.9. The number of halogens is 2. The summed E-state index contributed by atoms with van der Waals surface area (Å²) in [5.41, 5.74) is 3.24. The van der Waals surface area contributed by atoms with Crippen LogP contribution in [-0.4, -0.2) is 48.8 Å². The molecule has 5 nitrogen and oxygen atoms in total. The first kappa shape index (κ1) is 26.1. The van der Waals surface area contributed by atoms with E-state index in [1.807, 2.05) is 30.3 Å². The third-order valence-corrected chi connectivity index (χ3v) is 8.47. The van der Waals surface area contributed by atoms with Crippen LogP contribution in [0.5, 0.6) is 0 Å². The smallest absolute Gasteiger partial charge is 0.220 e. The van der Waals surface area contributed by atoms with E-state index in [9.17, 15) is 14.0 Å². The SMILES string of the molecule is O=C(CCC1CCCC1)N[C@@H](CCN1CC2=C(CNC2)[C@H]1C(=O)c1c(F)cccc1Cl)c1ccccc1. The number of hydrogen-bond acceptors (Lipinski definition) is 4. The topological polar surface area (TPSA) is 61.4 Å². The van der Waals surface area contributed by atoms with E-state index in [-0.39, 0.29) is 28.3 Å². The maximum Gasteiger partial charge on any atom is 0.220 e. The Morgan fingerprint density at radius 2 is 1.86 bits per heavy atom. The van der Waals surface area contributed by atoms with Crippen LogP contribution in [0.4, 0.5) is 4.39 Å². The number of benzene rings is 2. The molecule has 3 aliphatic rings. The lowest BCUT2D eigenvalue weighted by Crippen LogP contribution is -2.43. The van der Waals surface area contributed by atoms with Gasteiger partial charge in [-0.3, -0.25) is 14.5 Å². The van der Waals surface area contributed by atoms with E-state index in [4.69, 9.17) is 11.6 Å². The van der Waals surface area contributed by atoms with Gasteiger partial charge in [-0.15, -0.1) is 0 Å². The molecule has 37 heavy (non-hydrogen) atoms. The summed E-state index contributed by atoms with van der Waals surface area (Å²) in [7, 11) is 0. The Bertz CT molecular complexity index is 1140. The zero-order chi connectivity index (χ0) is 25.8. The van der Waals surface area contributed by atoms with Crippen molar-refractivity contribution in [2.24, 2.45) is 5.92 Å². The Labute approximate surface area is 223 Å². The third-order valence-electron chi connectivity index (χ3n) is 8.15. The van der Waals surface area contributed by atoms with E-state index in [1.54, 1.807) is 6.07 Å². The molecule has 1 amide bonds. The van der Waals surface area contributed by atoms with Gasteiger partial charge in [-0.1, -0.05) is 73.7 Å². The van der Waals surface area contributed by atoms with E-state index in [1.165, 1.54) is 43.4 Å². The molecule has 0 spiro atoms. The van der Waals surface area contributed by atoms with Crippen molar-refractivity contribution in [2.45, 2.75) is 57.0 Å². The van der Waals surface area contributed by atoms with Crippen LogP contribution in [-0.2, 0) is 4.79 Å². The summed E-state index contributed by atoms with van der Waals surface area (Å²) in [5, 5.41) is 6.74. The largest absolute Gasteiger partial charge is 0.349 e. The second-order valence-electron chi connectivity index (χ2n) is 10.6. The van der Waals surface area contributed by atoms with E-state index < -0.39 is 11.9 Å². The van der Waals surface area contributed by atoms with Gasteiger partial charge in [-0.2, -0.15) is 0 Å². The maximum absolute atomic E-state index is 14.7. The highest BCUT2D eigenvalue weighted by Crippen LogP contribution is 2.33. The molecular weight excluding hydrogens is 489 g/mol. The Morgan fingerprint density at radius 3 is 2.62 bits per heavy atom. The molecule has 2 atom stereocenters. The van der Waals surface area contributed by atoms with Crippen molar-refractivity contribution in [3.63, 3.8) is 0 Å². The summed E-state index contributed by atoms with van der Waals surface area (Å²) in [4.78, 5) is 28.7. The van der Waals surface area contributed by atoms with Crippen molar-refractivity contribution >= 4 is 23.3 Å². The molecule has 7 heteroatoms. The fraction of sp³-hybridized carbons (Fsp3) is 0.467. The zero-order valence-corrected chi connectivity index (χ0v) is 21.9. The van der Waals surface area contributed by atoms with Gasteiger partial charge in [0, 0.05) is 32.6 Å². The van der Waals surface area contributed by atoms with Crippen molar-refractivity contribution < 1.29 is 14.0 Å². The molecule has 2 aromatic rings. The molecule has 2 N–H and O–H groups in total. The van der Waals surface area contributed by atoms with Crippen molar-refractivity contribution in [2.75, 3.05) is 26.2 Å². The molecule has 0 bridgehead atoms. The van der Waals surface area contributed by atoms with Gasteiger partial charge < -0.3 is 10.6 Å². The van der Waals surface area contributed by atoms with Crippen molar-refractivity contribution in [1.82, 2.24) is 15.5 Å². The monoisotopic (exact) mass is 523 g/mol. The first-order chi connectivity index (χ1) is 18.0. The number of nitrogens with zero attached hydrogens (tertiary/aromatic N) is 1. The molecule has 0 unspecified atom stereocenters. The lowest BCUT2D eigenvalue weighted by atomic mass is 9.96. The van der Waals surface area contributed by atoms with Crippen LogP contribution in [0.2, 0.25) is 5.02 Å². The highest BCUT2D eigenvalue weighted by atomic mass is 35.5.